The van der Waals surface area contributed by atoms with E-state index in [1.54, 1.807) is 35.6 Å². The van der Waals surface area contributed by atoms with Crippen LogP contribution < -0.4 is 0 Å². The van der Waals surface area contributed by atoms with Gasteiger partial charge in [0, 0.05) is 11.4 Å². The number of para-hydroxylation sites is 1. The van der Waals surface area contributed by atoms with Crippen molar-refractivity contribution in [3.8, 4) is 28.0 Å². The molecule has 0 saturated heterocycles. The summed E-state index contributed by atoms with van der Waals surface area (Å²) in [5.74, 6) is 2.60. The number of hydrogen-bond donors (Lipinski definition) is 0. The molecule has 0 radical (unpaired) electrons. The van der Waals surface area contributed by atoms with E-state index in [2.05, 4.69) is 15.2 Å². The molecular formula is C20H14N4O2S2. The van der Waals surface area contributed by atoms with Gasteiger partial charge in [-0.15, -0.1) is 21.5 Å². The molecule has 28 heavy (non-hydrogen) atoms. The molecule has 0 saturated carbocycles. The second kappa shape index (κ2) is 7.49. The zero-order valence-electron chi connectivity index (χ0n) is 14.6. The van der Waals surface area contributed by atoms with Gasteiger partial charge in [-0.3, -0.25) is 4.57 Å². The zero-order valence-corrected chi connectivity index (χ0v) is 16.2. The minimum atomic E-state index is 0.623. The number of benzene rings is 1. The van der Waals surface area contributed by atoms with Gasteiger partial charge >= 0.3 is 0 Å². The molecule has 0 atom stereocenters. The van der Waals surface area contributed by atoms with E-state index in [0.717, 1.165) is 21.4 Å². The van der Waals surface area contributed by atoms with E-state index in [4.69, 9.17) is 8.83 Å². The third-order valence-electron chi connectivity index (χ3n) is 4.02. The molecule has 0 bridgehead atoms. The largest absolute Gasteiger partial charge is 0.461 e. The molecule has 8 heteroatoms. The standard InChI is InChI=1S/C20H14N4O2S2/c1-2-6-15(7-3-1)24-18(16-8-4-10-25-16)22-23-20(24)28-13-14-12-26-19(21-14)17-9-5-11-27-17/h1-12H,13H2. The maximum atomic E-state index is 5.60. The zero-order chi connectivity index (χ0) is 18.8. The topological polar surface area (TPSA) is 69.9 Å². The Morgan fingerprint density at radius 3 is 2.68 bits per heavy atom. The highest BCUT2D eigenvalue weighted by molar-refractivity contribution is 7.98. The molecular weight excluding hydrogens is 392 g/mol. The lowest BCUT2D eigenvalue weighted by Crippen LogP contribution is -1.99. The van der Waals surface area contributed by atoms with Crippen LogP contribution in [0.4, 0.5) is 0 Å². The van der Waals surface area contributed by atoms with Crippen LogP contribution in [0, 0.1) is 0 Å². The summed E-state index contributed by atoms with van der Waals surface area (Å²) in [5.41, 5.74) is 1.83. The molecule has 1 aromatic carbocycles. The first kappa shape index (κ1) is 17.0. The Bertz CT molecular complexity index is 1160. The summed E-state index contributed by atoms with van der Waals surface area (Å²) in [5, 5.41) is 11.5. The van der Waals surface area contributed by atoms with Gasteiger partial charge in [-0.25, -0.2) is 4.98 Å². The van der Waals surface area contributed by atoms with Gasteiger partial charge in [-0.05, 0) is 35.7 Å². The molecule has 0 spiro atoms. The van der Waals surface area contributed by atoms with Gasteiger partial charge in [0.15, 0.2) is 10.9 Å². The summed E-state index contributed by atoms with van der Waals surface area (Å²) in [6.07, 6.45) is 3.33. The van der Waals surface area contributed by atoms with Crippen LogP contribution in [0.2, 0.25) is 0 Å². The molecule has 0 N–H and O–H groups in total. The maximum absolute atomic E-state index is 5.60. The number of thioether (sulfide) groups is 1. The Kier molecular flexibility index (Phi) is 4.56. The molecule has 0 amide bonds. The lowest BCUT2D eigenvalue weighted by atomic mass is 10.3. The van der Waals surface area contributed by atoms with Crippen LogP contribution in [0.15, 0.2) is 86.5 Å². The highest BCUT2D eigenvalue weighted by Gasteiger charge is 2.18. The third-order valence-corrected chi connectivity index (χ3v) is 5.84. The van der Waals surface area contributed by atoms with Crippen molar-refractivity contribution in [2.45, 2.75) is 10.9 Å². The fourth-order valence-corrected chi connectivity index (χ4v) is 4.25. The molecule has 0 aliphatic heterocycles. The number of hydrogen-bond acceptors (Lipinski definition) is 7. The van der Waals surface area contributed by atoms with Crippen LogP contribution in [-0.2, 0) is 5.75 Å². The minimum absolute atomic E-state index is 0.623. The quantitative estimate of drug-likeness (QED) is 0.345. The molecule has 0 unspecified atom stereocenters. The molecule has 5 aromatic rings. The van der Waals surface area contributed by atoms with E-state index in [1.807, 2.05) is 64.5 Å². The third kappa shape index (κ3) is 3.28. The number of rotatable bonds is 6. The van der Waals surface area contributed by atoms with Gasteiger partial charge in [0.1, 0.15) is 6.26 Å². The van der Waals surface area contributed by atoms with Crippen molar-refractivity contribution >= 4 is 23.1 Å². The smallest absolute Gasteiger partial charge is 0.236 e. The Hall–Kier alpha value is -3.10. The van der Waals surface area contributed by atoms with Crippen molar-refractivity contribution in [2.75, 3.05) is 0 Å². The van der Waals surface area contributed by atoms with Crippen molar-refractivity contribution in [1.29, 1.82) is 0 Å². The lowest BCUT2D eigenvalue weighted by molar-refractivity contribution is 0.574. The number of furan rings is 1. The van der Waals surface area contributed by atoms with Gasteiger partial charge in [0.05, 0.1) is 16.8 Å². The fraction of sp³-hybridized carbons (Fsp3) is 0.0500. The number of nitrogens with zero attached hydrogens (tertiary/aromatic N) is 4. The maximum Gasteiger partial charge on any atom is 0.236 e. The van der Waals surface area contributed by atoms with E-state index in [9.17, 15) is 0 Å². The second-order valence-electron chi connectivity index (χ2n) is 5.86. The molecule has 0 aliphatic rings. The number of oxazole rings is 1. The van der Waals surface area contributed by atoms with Gasteiger partial charge in [-0.2, -0.15) is 0 Å². The van der Waals surface area contributed by atoms with Gasteiger partial charge in [0.2, 0.25) is 11.7 Å². The summed E-state index contributed by atoms with van der Waals surface area (Å²) in [6.45, 7) is 0. The summed E-state index contributed by atoms with van der Waals surface area (Å²) in [4.78, 5) is 5.59. The Morgan fingerprint density at radius 2 is 1.89 bits per heavy atom. The molecule has 138 valence electrons. The SMILES string of the molecule is c1ccc(-n2c(SCc3coc(-c4cccs4)n3)nnc2-c2ccco2)cc1. The highest BCUT2D eigenvalue weighted by atomic mass is 32.2. The van der Waals surface area contributed by atoms with E-state index in [0.29, 0.717) is 23.2 Å². The summed E-state index contributed by atoms with van der Waals surface area (Å²) < 4.78 is 13.1. The van der Waals surface area contributed by atoms with E-state index in [1.165, 1.54) is 0 Å². The van der Waals surface area contributed by atoms with Crippen molar-refractivity contribution in [1.82, 2.24) is 19.7 Å². The van der Waals surface area contributed by atoms with Crippen LogP contribution in [0.5, 0.6) is 0 Å². The van der Waals surface area contributed by atoms with Crippen molar-refractivity contribution in [2.24, 2.45) is 0 Å². The monoisotopic (exact) mass is 406 g/mol. The van der Waals surface area contributed by atoms with E-state index in [-0.39, 0.29) is 0 Å². The molecule has 0 aliphatic carbocycles. The van der Waals surface area contributed by atoms with Gasteiger partial charge in [0.25, 0.3) is 0 Å². The van der Waals surface area contributed by atoms with Crippen LogP contribution in [-0.4, -0.2) is 19.7 Å². The van der Waals surface area contributed by atoms with Crippen molar-refractivity contribution in [3.05, 3.63) is 78.2 Å². The highest BCUT2D eigenvalue weighted by Crippen LogP contribution is 2.31. The van der Waals surface area contributed by atoms with E-state index >= 15 is 0 Å². The predicted molar refractivity (Wildman–Crippen MR) is 108 cm³/mol. The Balaban J connectivity index is 1.44. The van der Waals surface area contributed by atoms with Crippen molar-refractivity contribution < 1.29 is 8.83 Å². The molecule has 5 rings (SSSR count). The Labute approximate surface area is 168 Å². The first-order chi connectivity index (χ1) is 13.9. The van der Waals surface area contributed by atoms with Gasteiger partial charge in [-0.1, -0.05) is 36.0 Å². The molecule has 6 nitrogen and oxygen atoms in total. The molecule has 4 heterocycles. The number of thiophene rings is 1. The predicted octanol–water partition coefficient (Wildman–Crippen LogP) is 5.54. The second-order valence-corrected chi connectivity index (χ2v) is 7.75. The normalized spacial score (nSPS) is 11.1. The average Bonchev–Trinajstić information content (AvgIpc) is 3.53. The summed E-state index contributed by atoms with van der Waals surface area (Å²) in [6, 6.07) is 17.7. The van der Waals surface area contributed by atoms with Crippen LogP contribution in [0.1, 0.15) is 5.69 Å². The minimum Gasteiger partial charge on any atom is -0.461 e. The lowest BCUT2D eigenvalue weighted by Gasteiger charge is -2.08. The van der Waals surface area contributed by atoms with Gasteiger partial charge < -0.3 is 8.83 Å². The van der Waals surface area contributed by atoms with E-state index < -0.39 is 0 Å². The van der Waals surface area contributed by atoms with Crippen LogP contribution >= 0.6 is 23.1 Å². The van der Waals surface area contributed by atoms with Crippen molar-refractivity contribution in [3.63, 3.8) is 0 Å². The molecule has 0 fully saturated rings. The summed E-state index contributed by atoms with van der Waals surface area (Å²) >= 11 is 3.16. The number of aromatic nitrogens is 4. The Morgan fingerprint density at radius 1 is 0.964 bits per heavy atom. The fourth-order valence-electron chi connectivity index (χ4n) is 2.76. The van der Waals surface area contributed by atoms with Crippen LogP contribution in [0.25, 0.3) is 28.0 Å². The summed E-state index contributed by atoms with van der Waals surface area (Å²) in [7, 11) is 0. The molecule has 4 aromatic heterocycles. The van der Waals surface area contributed by atoms with Crippen LogP contribution in [0.3, 0.4) is 0 Å². The average molecular weight is 406 g/mol. The first-order valence-corrected chi connectivity index (χ1v) is 10.4. The first-order valence-electron chi connectivity index (χ1n) is 8.54.